The average molecular weight is 261 g/mol. The molecule has 2 atom stereocenters. The van der Waals surface area contributed by atoms with Gasteiger partial charge in [0.25, 0.3) is 0 Å². The minimum absolute atomic E-state index is 0.457. The van der Waals surface area contributed by atoms with Crippen LogP contribution in [-0.2, 0) is 7.05 Å². The fourth-order valence-electron chi connectivity index (χ4n) is 3.79. The van der Waals surface area contributed by atoms with Crippen molar-refractivity contribution in [2.45, 2.75) is 46.1 Å². The van der Waals surface area contributed by atoms with Crippen LogP contribution in [0.5, 0.6) is 0 Å². The first-order valence-corrected chi connectivity index (χ1v) is 7.14. The smallest absolute Gasteiger partial charge is 0.202 e. The van der Waals surface area contributed by atoms with Gasteiger partial charge in [-0.2, -0.15) is 5.10 Å². The Morgan fingerprint density at radius 3 is 2.42 bits per heavy atom. The predicted molar refractivity (Wildman–Crippen MR) is 76.9 cm³/mol. The van der Waals surface area contributed by atoms with Crippen molar-refractivity contribution in [2.24, 2.45) is 18.9 Å². The molecule has 2 heterocycles. The maximum Gasteiger partial charge on any atom is 0.202 e. The number of nitrogens with two attached hydrogens (primary N) is 1. The lowest BCUT2D eigenvalue weighted by molar-refractivity contribution is 0.225. The zero-order valence-electron chi connectivity index (χ0n) is 12.2. The quantitative estimate of drug-likeness (QED) is 0.858. The molecule has 5 heteroatoms. The summed E-state index contributed by atoms with van der Waals surface area (Å²) in [6.07, 6.45) is 3.69. The number of fused-ring (bicyclic) bond motifs is 1. The van der Waals surface area contributed by atoms with Crippen LogP contribution in [0.3, 0.4) is 0 Å². The van der Waals surface area contributed by atoms with E-state index in [1.807, 2.05) is 18.7 Å². The Hall–Kier alpha value is -1.52. The summed E-state index contributed by atoms with van der Waals surface area (Å²) in [7, 11) is 1.97. The highest BCUT2D eigenvalue weighted by molar-refractivity contribution is 5.77. The van der Waals surface area contributed by atoms with E-state index in [-0.39, 0.29) is 0 Å². The van der Waals surface area contributed by atoms with Crippen molar-refractivity contribution >= 4 is 17.1 Å². The third-order valence-corrected chi connectivity index (χ3v) is 4.38. The van der Waals surface area contributed by atoms with Crippen LogP contribution in [0.15, 0.2) is 0 Å². The standard InChI is InChI=1S/C14H23N5/c1-8-5-9(2)7-11(6-8)19-13-12(16-14(19)15)10(3)17-18(13)4/h8-9,11H,5-7H2,1-4H3,(H2,15,16). The van der Waals surface area contributed by atoms with Crippen LogP contribution in [0.4, 0.5) is 5.95 Å². The van der Waals surface area contributed by atoms with Gasteiger partial charge in [0.15, 0.2) is 5.65 Å². The van der Waals surface area contributed by atoms with Gasteiger partial charge in [-0.1, -0.05) is 13.8 Å². The molecule has 0 radical (unpaired) electrons. The second kappa shape index (κ2) is 4.25. The third-order valence-electron chi connectivity index (χ3n) is 4.38. The van der Waals surface area contributed by atoms with Gasteiger partial charge in [-0.3, -0.25) is 9.25 Å². The van der Waals surface area contributed by atoms with Crippen molar-refractivity contribution in [3.63, 3.8) is 0 Å². The van der Waals surface area contributed by atoms with Gasteiger partial charge in [-0.05, 0) is 38.0 Å². The summed E-state index contributed by atoms with van der Waals surface area (Å²) in [6, 6.07) is 0.457. The van der Waals surface area contributed by atoms with Crippen molar-refractivity contribution in [3.8, 4) is 0 Å². The summed E-state index contributed by atoms with van der Waals surface area (Å²) in [5.74, 6) is 2.14. The minimum atomic E-state index is 0.457. The van der Waals surface area contributed by atoms with E-state index in [4.69, 9.17) is 5.73 Å². The van der Waals surface area contributed by atoms with Crippen LogP contribution >= 0.6 is 0 Å². The maximum atomic E-state index is 6.17. The zero-order chi connectivity index (χ0) is 13.7. The topological polar surface area (TPSA) is 61.7 Å². The molecule has 104 valence electrons. The van der Waals surface area contributed by atoms with E-state index in [0.29, 0.717) is 12.0 Å². The molecular formula is C14H23N5. The van der Waals surface area contributed by atoms with Crippen molar-refractivity contribution in [1.29, 1.82) is 0 Å². The summed E-state index contributed by atoms with van der Waals surface area (Å²) in [5, 5.41) is 4.46. The van der Waals surface area contributed by atoms with Crippen molar-refractivity contribution in [1.82, 2.24) is 19.3 Å². The first-order chi connectivity index (χ1) is 8.97. The van der Waals surface area contributed by atoms with E-state index in [2.05, 4.69) is 28.5 Å². The molecule has 0 bridgehead atoms. The van der Waals surface area contributed by atoms with E-state index in [1.165, 1.54) is 19.3 Å². The summed E-state index contributed by atoms with van der Waals surface area (Å²) in [6.45, 7) is 6.66. The average Bonchev–Trinajstić information content (AvgIpc) is 2.76. The number of hydrogen-bond acceptors (Lipinski definition) is 3. The predicted octanol–water partition coefficient (Wildman–Crippen LogP) is 2.66. The molecule has 2 aromatic rings. The second-order valence-electron chi connectivity index (χ2n) is 6.29. The van der Waals surface area contributed by atoms with Gasteiger partial charge >= 0.3 is 0 Å². The Morgan fingerprint density at radius 1 is 1.16 bits per heavy atom. The van der Waals surface area contributed by atoms with E-state index in [1.54, 1.807) is 0 Å². The molecule has 1 aliphatic rings. The number of imidazole rings is 1. The molecular weight excluding hydrogens is 238 g/mol. The van der Waals surface area contributed by atoms with Gasteiger partial charge in [0.05, 0.1) is 5.69 Å². The highest BCUT2D eigenvalue weighted by Gasteiger charge is 2.29. The Bertz CT molecular complexity index is 599. The molecule has 0 spiro atoms. The number of aryl methyl sites for hydroxylation is 2. The molecule has 1 fully saturated rings. The van der Waals surface area contributed by atoms with Gasteiger partial charge < -0.3 is 5.73 Å². The first-order valence-electron chi connectivity index (χ1n) is 7.14. The van der Waals surface area contributed by atoms with Crippen LogP contribution in [-0.4, -0.2) is 19.3 Å². The molecule has 1 aliphatic carbocycles. The number of anilines is 1. The van der Waals surface area contributed by atoms with Crippen LogP contribution in [0, 0.1) is 18.8 Å². The van der Waals surface area contributed by atoms with Gasteiger partial charge in [0.2, 0.25) is 5.95 Å². The highest BCUT2D eigenvalue weighted by Crippen LogP contribution is 2.39. The molecule has 0 aromatic carbocycles. The maximum absolute atomic E-state index is 6.17. The summed E-state index contributed by atoms with van der Waals surface area (Å²) in [5.41, 5.74) is 9.15. The largest absolute Gasteiger partial charge is 0.369 e. The minimum Gasteiger partial charge on any atom is -0.369 e. The molecule has 2 N–H and O–H groups in total. The lowest BCUT2D eigenvalue weighted by Gasteiger charge is -2.32. The van der Waals surface area contributed by atoms with Gasteiger partial charge in [-0.15, -0.1) is 0 Å². The summed E-state index contributed by atoms with van der Waals surface area (Å²) in [4.78, 5) is 4.52. The molecule has 2 unspecified atom stereocenters. The van der Waals surface area contributed by atoms with Gasteiger partial charge in [0.1, 0.15) is 5.52 Å². The molecule has 5 nitrogen and oxygen atoms in total. The van der Waals surface area contributed by atoms with Crippen LogP contribution in [0.2, 0.25) is 0 Å². The first kappa shape index (κ1) is 12.5. The number of nitrogens with zero attached hydrogens (tertiary/aromatic N) is 4. The van der Waals surface area contributed by atoms with Crippen LogP contribution < -0.4 is 5.73 Å². The Morgan fingerprint density at radius 2 is 1.79 bits per heavy atom. The normalized spacial score (nSPS) is 28.1. The third kappa shape index (κ3) is 1.91. The summed E-state index contributed by atoms with van der Waals surface area (Å²) < 4.78 is 4.12. The number of hydrogen-bond donors (Lipinski definition) is 1. The molecule has 0 amide bonds. The monoisotopic (exact) mass is 261 g/mol. The lowest BCUT2D eigenvalue weighted by atomic mass is 9.80. The lowest BCUT2D eigenvalue weighted by Crippen LogP contribution is -2.24. The van der Waals surface area contributed by atoms with E-state index >= 15 is 0 Å². The fourth-order valence-corrected chi connectivity index (χ4v) is 3.79. The highest BCUT2D eigenvalue weighted by atomic mass is 15.4. The van der Waals surface area contributed by atoms with E-state index in [9.17, 15) is 0 Å². The van der Waals surface area contributed by atoms with Crippen LogP contribution in [0.1, 0.15) is 44.8 Å². The number of rotatable bonds is 1. The second-order valence-corrected chi connectivity index (χ2v) is 6.29. The van der Waals surface area contributed by atoms with Gasteiger partial charge in [-0.25, -0.2) is 4.98 Å². The molecule has 19 heavy (non-hydrogen) atoms. The Kier molecular flexibility index (Phi) is 2.80. The van der Waals surface area contributed by atoms with E-state index in [0.717, 1.165) is 28.7 Å². The molecule has 0 saturated heterocycles. The number of aromatic nitrogens is 4. The van der Waals surface area contributed by atoms with Crippen molar-refractivity contribution < 1.29 is 0 Å². The van der Waals surface area contributed by atoms with Crippen molar-refractivity contribution in [2.75, 3.05) is 5.73 Å². The molecule has 1 saturated carbocycles. The zero-order valence-corrected chi connectivity index (χ0v) is 12.2. The fraction of sp³-hybridized carbons (Fsp3) is 0.714. The molecule has 2 aromatic heterocycles. The SMILES string of the molecule is Cc1nn(C)c2c1nc(N)n2C1CC(C)CC(C)C1. The number of nitrogen functional groups attached to an aromatic ring is 1. The Balaban J connectivity index is 2.11. The Labute approximate surface area is 113 Å². The van der Waals surface area contributed by atoms with Gasteiger partial charge in [0, 0.05) is 13.1 Å². The van der Waals surface area contributed by atoms with E-state index < -0.39 is 0 Å². The summed E-state index contributed by atoms with van der Waals surface area (Å²) >= 11 is 0. The van der Waals surface area contributed by atoms with Crippen molar-refractivity contribution in [3.05, 3.63) is 5.69 Å². The van der Waals surface area contributed by atoms with Crippen LogP contribution in [0.25, 0.3) is 11.2 Å². The molecule has 0 aliphatic heterocycles. The molecule has 3 rings (SSSR count).